The zero-order chi connectivity index (χ0) is 83.8. The predicted octanol–water partition coefficient (Wildman–Crippen LogP) is 15.8. The van der Waals surface area contributed by atoms with Gasteiger partial charge in [0.2, 0.25) is 11.8 Å². The van der Waals surface area contributed by atoms with Crippen molar-refractivity contribution in [2.75, 3.05) is 26.4 Å². The molecule has 23 nitrogen and oxygen atoms in total. The molecule has 18 unspecified atom stereocenters. The van der Waals surface area contributed by atoms with E-state index >= 15 is 0 Å². The van der Waals surface area contributed by atoms with Gasteiger partial charge in [-0.05, 0) is 44.9 Å². The van der Waals surface area contributed by atoms with Gasteiger partial charge in [0.15, 0.2) is 12.6 Å². The van der Waals surface area contributed by atoms with Crippen molar-refractivity contribution >= 4 is 17.8 Å². The van der Waals surface area contributed by atoms with Crippen LogP contribution in [0, 0.1) is 0 Å². The van der Waals surface area contributed by atoms with Crippen LogP contribution in [0.3, 0.4) is 0 Å². The van der Waals surface area contributed by atoms with Crippen molar-refractivity contribution in [3.8, 4) is 0 Å². The van der Waals surface area contributed by atoms with Gasteiger partial charge in [-0.3, -0.25) is 9.59 Å². The van der Waals surface area contributed by atoms with E-state index in [0.717, 1.165) is 51.9 Å². The average Bonchev–Trinajstić information content (AvgIpc) is 0.747. The first-order valence-corrected chi connectivity index (χ1v) is 47.2. The van der Waals surface area contributed by atoms with Crippen LogP contribution in [0.1, 0.15) is 406 Å². The number of aliphatic hydroxyl groups is 11. The largest absolute Gasteiger partial charge is 0.477 e. The molecule has 18 atom stereocenters. The standard InChI is InChI=1S/C92H172N2O21/c1-4-6-8-10-12-14-16-18-20-22-24-26-28-30-31-32-33-34-35-36-37-38-39-40-41-42-44-46-48-50-52-54-56-58-60-62-64-66-79(102)94-73(74(99)65-63-61-59-57-55-53-51-49-47-45-43-29-27-25-23-21-19-17-15-13-11-9-7-5-2)71-110-89-84(106)83(105)86(78(70-97)112-89)113-90-85(107)88(82(104)77(69-96)111-90)115-92(91(108)109)67-75(100)80(93-72(3)98)87(114-92)81(103)76(101)68-95/h34-35,63,65,73-78,80-90,95-97,99-101,103-107H,4-33,36-62,64,66-71H2,1-3H3,(H,93,98)(H,94,102)(H,108,109)/b35-34-,65-63+. The minimum absolute atomic E-state index is 0.204. The van der Waals surface area contributed by atoms with Gasteiger partial charge in [-0.25, -0.2) is 4.79 Å². The predicted molar refractivity (Wildman–Crippen MR) is 454 cm³/mol. The molecule has 0 aromatic heterocycles. The molecule has 0 radical (unpaired) electrons. The van der Waals surface area contributed by atoms with Crippen LogP contribution in [0.25, 0.3) is 0 Å². The summed E-state index contributed by atoms with van der Waals surface area (Å²) >= 11 is 0. The van der Waals surface area contributed by atoms with Gasteiger partial charge in [0.1, 0.15) is 67.1 Å². The van der Waals surface area contributed by atoms with Crippen molar-refractivity contribution in [1.29, 1.82) is 0 Å². The van der Waals surface area contributed by atoms with Crippen LogP contribution in [0.4, 0.5) is 0 Å². The van der Waals surface area contributed by atoms with Crippen molar-refractivity contribution in [2.45, 2.75) is 516 Å². The lowest BCUT2D eigenvalue weighted by Crippen LogP contribution is -2.70. The number of carboxylic acid groups (broad SMARTS) is 1. The van der Waals surface area contributed by atoms with Crippen molar-refractivity contribution in [1.82, 2.24) is 10.6 Å². The number of hydrogen-bond acceptors (Lipinski definition) is 20. The summed E-state index contributed by atoms with van der Waals surface area (Å²) in [5, 5.41) is 137. The fourth-order valence-corrected chi connectivity index (χ4v) is 16.5. The molecule has 676 valence electrons. The maximum Gasteiger partial charge on any atom is 0.364 e. The average molecular weight is 1640 g/mol. The minimum Gasteiger partial charge on any atom is -0.477 e. The molecule has 0 saturated carbocycles. The molecule has 3 fully saturated rings. The van der Waals surface area contributed by atoms with E-state index in [0.29, 0.717) is 12.8 Å². The number of carbonyl (C=O) groups excluding carboxylic acids is 2. The summed E-state index contributed by atoms with van der Waals surface area (Å²) in [6, 6.07) is -2.62. The third-order valence-electron chi connectivity index (χ3n) is 23.9. The summed E-state index contributed by atoms with van der Waals surface area (Å²) in [6.45, 7) is 2.22. The molecule has 14 N–H and O–H groups in total. The Morgan fingerprint density at radius 3 is 1.18 bits per heavy atom. The smallest absolute Gasteiger partial charge is 0.364 e. The second kappa shape index (κ2) is 69.7. The van der Waals surface area contributed by atoms with Gasteiger partial charge >= 0.3 is 5.97 Å². The number of aliphatic carboxylic acids is 1. The van der Waals surface area contributed by atoms with Gasteiger partial charge in [-0.1, -0.05) is 366 Å². The zero-order valence-electron chi connectivity index (χ0n) is 72.4. The second-order valence-corrected chi connectivity index (χ2v) is 34.2. The fraction of sp³-hybridized carbons (Fsp3) is 0.924. The maximum absolute atomic E-state index is 13.6. The number of unbranched alkanes of at least 4 members (excludes halogenated alkanes) is 55. The van der Waals surface area contributed by atoms with Crippen molar-refractivity contribution in [2.24, 2.45) is 0 Å². The Bertz CT molecular complexity index is 2360. The summed E-state index contributed by atoms with van der Waals surface area (Å²) in [5.41, 5.74) is 0. The van der Waals surface area contributed by atoms with Crippen molar-refractivity contribution in [3.63, 3.8) is 0 Å². The Morgan fingerprint density at radius 2 is 0.817 bits per heavy atom. The van der Waals surface area contributed by atoms with Crippen LogP contribution in [0.15, 0.2) is 24.3 Å². The molecule has 115 heavy (non-hydrogen) atoms. The molecule has 3 aliphatic rings. The highest BCUT2D eigenvalue weighted by atomic mass is 16.8. The Kier molecular flexibility index (Phi) is 64.5. The summed E-state index contributed by atoms with van der Waals surface area (Å²) in [4.78, 5) is 38.8. The lowest BCUT2D eigenvalue weighted by atomic mass is 9.88. The molecule has 2 amide bonds. The van der Waals surface area contributed by atoms with E-state index in [2.05, 4.69) is 36.6 Å². The summed E-state index contributed by atoms with van der Waals surface area (Å²) in [7, 11) is 0. The zero-order valence-corrected chi connectivity index (χ0v) is 72.4. The van der Waals surface area contributed by atoms with E-state index in [4.69, 9.17) is 28.4 Å². The first-order valence-electron chi connectivity index (χ1n) is 47.2. The first kappa shape index (κ1) is 106. The Morgan fingerprint density at radius 1 is 0.452 bits per heavy atom. The molecule has 3 saturated heterocycles. The van der Waals surface area contributed by atoms with Crippen LogP contribution in [0.5, 0.6) is 0 Å². The van der Waals surface area contributed by atoms with Crippen LogP contribution in [0.2, 0.25) is 0 Å². The topological polar surface area (TPSA) is 373 Å². The molecule has 0 aromatic rings. The maximum atomic E-state index is 13.6. The highest BCUT2D eigenvalue weighted by Gasteiger charge is 2.60. The van der Waals surface area contributed by atoms with Crippen LogP contribution < -0.4 is 10.6 Å². The third kappa shape index (κ3) is 48.0. The third-order valence-corrected chi connectivity index (χ3v) is 23.9. The molecule has 0 spiro atoms. The molecule has 3 rings (SSSR count). The van der Waals surface area contributed by atoms with Crippen molar-refractivity contribution < 1.29 is 104 Å². The molecule has 3 aliphatic heterocycles. The number of amides is 2. The molecular formula is C92H172N2O21. The van der Waals surface area contributed by atoms with E-state index in [1.54, 1.807) is 6.08 Å². The number of carboxylic acids is 1. The lowest BCUT2D eigenvalue weighted by Gasteiger charge is -2.50. The first-order chi connectivity index (χ1) is 55.9. The van der Waals surface area contributed by atoms with Gasteiger partial charge in [0.25, 0.3) is 5.79 Å². The van der Waals surface area contributed by atoms with Crippen LogP contribution in [-0.2, 0) is 42.8 Å². The number of carbonyl (C=O) groups is 3. The van der Waals surface area contributed by atoms with E-state index in [1.165, 1.54) is 315 Å². The number of rotatable bonds is 77. The highest BCUT2D eigenvalue weighted by molar-refractivity contribution is 5.77. The molecular weight excluding hydrogens is 1470 g/mol. The van der Waals surface area contributed by atoms with Gasteiger partial charge in [0, 0.05) is 19.8 Å². The van der Waals surface area contributed by atoms with Crippen LogP contribution in [-0.4, -0.2) is 215 Å². The molecule has 0 aromatic carbocycles. The number of hydrogen-bond donors (Lipinski definition) is 14. The number of ether oxygens (including phenoxy) is 6. The molecule has 3 heterocycles. The van der Waals surface area contributed by atoms with E-state index in [-0.39, 0.29) is 12.3 Å². The van der Waals surface area contributed by atoms with Gasteiger partial charge in [-0.15, -0.1) is 0 Å². The Balaban J connectivity index is 1.42. The van der Waals surface area contributed by atoms with E-state index in [1.807, 2.05) is 6.08 Å². The quantitative estimate of drug-likeness (QED) is 0.0199. The van der Waals surface area contributed by atoms with Crippen LogP contribution >= 0.6 is 0 Å². The monoisotopic (exact) mass is 1640 g/mol. The number of aliphatic hydroxyl groups excluding tert-OH is 11. The van der Waals surface area contributed by atoms with Gasteiger partial charge < -0.3 is 100 Å². The van der Waals surface area contributed by atoms with Gasteiger partial charge in [-0.2, -0.15) is 0 Å². The fourth-order valence-electron chi connectivity index (χ4n) is 16.5. The Labute approximate surface area is 695 Å². The van der Waals surface area contributed by atoms with Gasteiger partial charge in [0.05, 0.1) is 50.7 Å². The van der Waals surface area contributed by atoms with Crippen molar-refractivity contribution in [3.05, 3.63) is 24.3 Å². The summed E-state index contributed by atoms with van der Waals surface area (Å²) < 4.78 is 35.0. The van der Waals surface area contributed by atoms with E-state index in [9.17, 15) is 75.7 Å². The highest BCUT2D eigenvalue weighted by Crippen LogP contribution is 2.39. The summed E-state index contributed by atoms with van der Waals surface area (Å²) in [5.74, 6) is -6.13. The second-order valence-electron chi connectivity index (χ2n) is 34.2. The normalized spacial score (nSPS) is 25.1. The molecule has 23 heteroatoms. The number of nitrogens with one attached hydrogen (secondary N) is 2. The SMILES string of the molecule is CCCCCCCCCCCCCCCCCC/C=C\CCCCCCCCCCCCCCCCCCCC(=O)NC(COC1OC(CO)C(OC2OC(CO)C(O)C(OC3(C(=O)O)CC(O)C(NC(C)=O)C(C(O)C(O)CO)O3)C2O)C(O)C1O)C(O)/C=C/CCCCCCCCCCCCCCCCCCCCCCCC. The minimum atomic E-state index is -3.08. The molecule has 0 aliphatic carbocycles. The number of allylic oxidation sites excluding steroid dienone is 3. The summed E-state index contributed by atoms with van der Waals surface area (Å²) in [6.07, 6.45) is 53.8. The molecule has 0 bridgehead atoms. The Hall–Kier alpha value is -2.79. The van der Waals surface area contributed by atoms with E-state index < -0.39 is 155 Å². The lowest BCUT2D eigenvalue weighted by molar-refractivity contribution is -0.386.